The summed E-state index contributed by atoms with van der Waals surface area (Å²) in [5.41, 5.74) is 2.09. The summed E-state index contributed by atoms with van der Waals surface area (Å²) in [5, 5.41) is 6.60. The molecule has 1 unspecified atom stereocenters. The molecular formula is C23H35ClN2O3. The minimum Gasteiger partial charge on any atom is -0.469 e. The Balaban J connectivity index is 0.00000300. The highest BCUT2D eigenvalue weighted by atomic mass is 35.5. The molecule has 0 bridgehead atoms. The number of hydrogen-bond donors (Lipinski definition) is 2. The zero-order chi connectivity index (χ0) is 19.9. The fraction of sp³-hybridized carbons (Fsp3) is 0.652. The lowest BCUT2D eigenvalue weighted by Crippen LogP contribution is -2.38. The molecule has 0 spiro atoms. The molecule has 0 aromatic heterocycles. The van der Waals surface area contributed by atoms with Crippen molar-refractivity contribution in [2.75, 3.05) is 20.2 Å². The maximum absolute atomic E-state index is 12.6. The van der Waals surface area contributed by atoms with Gasteiger partial charge in [-0.15, -0.1) is 12.4 Å². The van der Waals surface area contributed by atoms with Gasteiger partial charge in [-0.25, -0.2) is 0 Å². The van der Waals surface area contributed by atoms with Gasteiger partial charge in [-0.05, 0) is 87.6 Å². The van der Waals surface area contributed by atoms with E-state index < -0.39 is 0 Å². The minimum atomic E-state index is -0.122. The van der Waals surface area contributed by atoms with Crippen LogP contribution in [0, 0.1) is 11.8 Å². The Morgan fingerprint density at radius 3 is 2.28 bits per heavy atom. The molecular weight excluding hydrogens is 388 g/mol. The van der Waals surface area contributed by atoms with Gasteiger partial charge in [-0.1, -0.05) is 19.1 Å². The van der Waals surface area contributed by atoms with Crippen molar-refractivity contribution in [2.45, 2.75) is 63.8 Å². The van der Waals surface area contributed by atoms with Crippen LogP contribution in [-0.2, 0) is 9.53 Å². The van der Waals surface area contributed by atoms with Gasteiger partial charge >= 0.3 is 5.97 Å². The van der Waals surface area contributed by atoms with E-state index in [0.29, 0.717) is 11.8 Å². The number of methoxy groups -OCH3 is 1. The molecule has 1 saturated heterocycles. The molecule has 1 aliphatic heterocycles. The number of hydrogen-bond acceptors (Lipinski definition) is 4. The molecule has 2 fully saturated rings. The summed E-state index contributed by atoms with van der Waals surface area (Å²) in [7, 11) is 1.45. The molecule has 1 heterocycles. The van der Waals surface area contributed by atoms with E-state index in [4.69, 9.17) is 4.74 Å². The van der Waals surface area contributed by atoms with Crippen LogP contribution in [0.2, 0.25) is 0 Å². The maximum Gasteiger partial charge on any atom is 0.308 e. The Kier molecular flexibility index (Phi) is 9.44. The predicted molar refractivity (Wildman–Crippen MR) is 118 cm³/mol. The van der Waals surface area contributed by atoms with Crippen LogP contribution in [0.5, 0.6) is 0 Å². The third-order valence-electron chi connectivity index (χ3n) is 6.46. The van der Waals surface area contributed by atoms with Gasteiger partial charge in [0.15, 0.2) is 0 Å². The zero-order valence-electron chi connectivity index (χ0n) is 17.6. The largest absolute Gasteiger partial charge is 0.469 e. The molecule has 5 nitrogen and oxygen atoms in total. The van der Waals surface area contributed by atoms with Crippen molar-refractivity contribution in [3.8, 4) is 0 Å². The summed E-state index contributed by atoms with van der Waals surface area (Å²) in [4.78, 5) is 24.2. The van der Waals surface area contributed by atoms with E-state index in [1.165, 1.54) is 25.5 Å². The summed E-state index contributed by atoms with van der Waals surface area (Å²) in [6.07, 6.45) is 7.30. The lowest BCUT2D eigenvalue weighted by molar-refractivity contribution is -0.145. The zero-order valence-corrected chi connectivity index (χ0v) is 18.4. The van der Waals surface area contributed by atoms with Crippen molar-refractivity contribution in [1.29, 1.82) is 0 Å². The number of benzene rings is 1. The van der Waals surface area contributed by atoms with Crippen molar-refractivity contribution in [3.63, 3.8) is 0 Å². The van der Waals surface area contributed by atoms with E-state index in [0.717, 1.165) is 50.8 Å². The first-order chi connectivity index (χ1) is 13.6. The summed E-state index contributed by atoms with van der Waals surface area (Å²) in [6, 6.07) is 8.42. The fourth-order valence-electron chi connectivity index (χ4n) is 4.67. The molecule has 29 heavy (non-hydrogen) atoms. The highest BCUT2D eigenvalue weighted by molar-refractivity contribution is 5.94. The Bertz CT molecular complexity index is 651. The second-order valence-electron chi connectivity index (χ2n) is 8.50. The molecule has 1 aromatic carbocycles. The number of piperidine rings is 1. The average Bonchev–Trinajstić information content (AvgIpc) is 2.75. The first kappa shape index (κ1) is 23.7. The molecule has 1 aromatic rings. The van der Waals surface area contributed by atoms with Gasteiger partial charge in [0.2, 0.25) is 0 Å². The van der Waals surface area contributed by atoms with Crippen LogP contribution in [0.15, 0.2) is 24.3 Å². The molecule has 1 amide bonds. The van der Waals surface area contributed by atoms with Crippen molar-refractivity contribution in [3.05, 3.63) is 35.4 Å². The van der Waals surface area contributed by atoms with Gasteiger partial charge in [0.1, 0.15) is 0 Å². The van der Waals surface area contributed by atoms with E-state index in [9.17, 15) is 9.59 Å². The predicted octanol–water partition coefficient (Wildman–Crippen LogP) is 4.06. The van der Waals surface area contributed by atoms with Crippen LogP contribution in [0.3, 0.4) is 0 Å². The van der Waals surface area contributed by atoms with E-state index in [-0.39, 0.29) is 36.2 Å². The topological polar surface area (TPSA) is 67.4 Å². The Morgan fingerprint density at radius 1 is 1.07 bits per heavy atom. The van der Waals surface area contributed by atoms with Gasteiger partial charge < -0.3 is 15.4 Å². The molecule has 2 N–H and O–H groups in total. The SMILES string of the molecule is COC(=O)C(C)C[C@H]1CC[C@H](NC(=O)c2ccc(C3CCNCC3)cc2)CC1.Cl. The lowest BCUT2D eigenvalue weighted by Gasteiger charge is -2.30. The number of rotatable bonds is 6. The van der Waals surface area contributed by atoms with E-state index in [2.05, 4.69) is 22.8 Å². The number of halogens is 1. The van der Waals surface area contributed by atoms with E-state index in [1.54, 1.807) is 0 Å². The number of ether oxygens (including phenoxy) is 1. The second kappa shape index (κ2) is 11.6. The first-order valence-electron chi connectivity index (χ1n) is 10.8. The standard InChI is InChI=1S/C23H34N2O3.ClH/c1-16(23(27)28-2)15-17-3-9-21(10-4-17)25-22(26)20-7-5-18(6-8-20)19-11-13-24-14-12-19;/h5-8,16-17,19,21,24H,3-4,9-15H2,1-2H3,(H,25,26);1H/t16?,17-,21-;. The highest BCUT2D eigenvalue weighted by Gasteiger charge is 2.26. The van der Waals surface area contributed by atoms with Crippen LogP contribution in [-0.4, -0.2) is 38.1 Å². The second-order valence-corrected chi connectivity index (χ2v) is 8.50. The van der Waals surface area contributed by atoms with Gasteiger partial charge in [-0.3, -0.25) is 9.59 Å². The maximum atomic E-state index is 12.6. The van der Waals surface area contributed by atoms with E-state index >= 15 is 0 Å². The number of esters is 1. The van der Waals surface area contributed by atoms with Crippen LogP contribution in [0.4, 0.5) is 0 Å². The summed E-state index contributed by atoms with van der Waals surface area (Å²) < 4.78 is 4.82. The lowest BCUT2D eigenvalue weighted by atomic mass is 9.81. The molecule has 1 saturated carbocycles. The molecule has 6 heteroatoms. The molecule has 162 valence electrons. The third kappa shape index (κ3) is 6.71. The van der Waals surface area contributed by atoms with Crippen molar-refractivity contribution >= 4 is 24.3 Å². The fourth-order valence-corrected chi connectivity index (χ4v) is 4.67. The van der Waals surface area contributed by atoms with Crippen molar-refractivity contribution in [1.82, 2.24) is 10.6 Å². The van der Waals surface area contributed by atoms with Crippen LogP contribution in [0.1, 0.15) is 73.7 Å². The molecule has 1 aliphatic carbocycles. The van der Waals surface area contributed by atoms with Gasteiger partial charge in [0.25, 0.3) is 5.91 Å². The number of carbonyl (C=O) groups excluding carboxylic acids is 2. The normalized spacial score (nSPS) is 23.5. The van der Waals surface area contributed by atoms with E-state index in [1.807, 2.05) is 19.1 Å². The van der Waals surface area contributed by atoms with Crippen LogP contribution in [0.25, 0.3) is 0 Å². The Morgan fingerprint density at radius 2 is 1.69 bits per heavy atom. The summed E-state index contributed by atoms with van der Waals surface area (Å²) in [6.45, 7) is 4.09. The number of nitrogens with one attached hydrogen (secondary N) is 2. The van der Waals surface area contributed by atoms with Crippen LogP contribution < -0.4 is 10.6 Å². The highest BCUT2D eigenvalue weighted by Crippen LogP contribution is 2.30. The quantitative estimate of drug-likeness (QED) is 0.678. The van der Waals surface area contributed by atoms with Gasteiger partial charge in [0.05, 0.1) is 13.0 Å². The molecule has 3 rings (SSSR count). The van der Waals surface area contributed by atoms with Crippen molar-refractivity contribution in [2.24, 2.45) is 11.8 Å². The number of carbonyl (C=O) groups is 2. The van der Waals surface area contributed by atoms with Crippen LogP contribution >= 0.6 is 12.4 Å². The Labute approximate surface area is 180 Å². The monoisotopic (exact) mass is 422 g/mol. The average molecular weight is 423 g/mol. The molecule has 0 radical (unpaired) electrons. The number of amides is 1. The first-order valence-corrected chi connectivity index (χ1v) is 10.8. The smallest absolute Gasteiger partial charge is 0.308 e. The van der Waals surface area contributed by atoms with Gasteiger partial charge in [-0.2, -0.15) is 0 Å². The molecule has 1 atom stereocenters. The van der Waals surface area contributed by atoms with Gasteiger partial charge in [0, 0.05) is 11.6 Å². The van der Waals surface area contributed by atoms with Crippen molar-refractivity contribution < 1.29 is 14.3 Å². The molecule has 2 aliphatic rings. The Hall–Kier alpha value is -1.59. The summed E-state index contributed by atoms with van der Waals surface area (Å²) >= 11 is 0. The third-order valence-corrected chi connectivity index (χ3v) is 6.46. The minimum absolute atomic E-state index is 0. The summed E-state index contributed by atoms with van der Waals surface area (Å²) in [5.74, 6) is 1.03.